The van der Waals surface area contributed by atoms with Gasteiger partial charge in [-0.25, -0.2) is 4.39 Å². The van der Waals surface area contributed by atoms with Crippen LogP contribution in [0.3, 0.4) is 0 Å². The number of carbonyl (C=O) groups excluding carboxylic acids is 3. The number of Topliss-reactive ketones (excluding diaryl/α,β-unsaturated/α-hetero) is 3. The number of halogens is 2. The Balaban J connectivity index is 1.58. The predicted molar refractivity (Wildman–Crippen MR) is 161 cm³/mol. The van der Waals surface area contributed by atoms with E-state index < -0.39 is 29.2 Å². The minimum atomic E-state index is -1.74. The van der Waals surface area contributed by atoms with Crippen LogP contribution < -0.4 is 14.4 Å². The van der Waals surface area contributed by atoms with Gasteiger partial charge in [0.1, 0.15) is 17.3 Å². The van der Waals surface area contributed by atoms with Crippen molar-refractivity contribution in [2.75, 3.05) is 19.1 Å². The molecule has 0 bridgehead atoms. The average Bonchev–Trinajstić information content (AvgIpc) is 3.46. The summed E-state index contributed by atoms with van der Waals surface area (Å²) >= 11 is 6.17. The Morgan fingerprint density at radius 3 is 2.23 bits per heavy atom. The lowest BCUT2D eigenvalue weighted by atomic mass is 9.64. The summed E-state index contributed by atoms with van der Waals surface area (Å²) < 4.78 is 25.9. The quantitative estimate of drug-likeness (QED) is 0.187. The van der Waals surface area contributed by atoms with Crippen LogP contribution in [0.2, 0.25) is 5.02 Å². The fourth-order valence-corrected chi connectivity index (χ4v) is 7.36. The Morgan fingerprint density at radius 1 is 0.884 bits per heavy atom. The Kier molecular flexibility index (Phi) is 6.25. The van der Waals surface area contributed by atoms with Crippen LogP contribution in [0.15, 0.2) is 91.0 Å². The molecule has 0 radical (unpaired) electrons. The highest BCUT2D eigenvalue weighted by Crippen LogP contribution is 2.62. The van der Waals surface area contributed by atoms with Crippen molar-refractivity contribution in [3.05, 3.63) is 130 Å². The van der Waals surface area contributed by atoms with Crippen LogP contribution in [0.5, 0.6) is 11.5 Å². The monoisotopic (exact) mass is 593 g/mol. The van der Waals surface area contributed by atoms with Crippen LogP contribution in [0.4, 0.5) is 10.1 Å². The molecule has 4 aromatic rings. The first-order valence-corrected chi connectivity index (χ1v) is 14.2. The topological polar surface area (TPSA) is 72.9 Å². The Hall–Kier alpha value is -4.75. The first-order valence-electron chi connectivity index (χ1n) is 13.8. The van der Waals surface area contributed by atoms with E-state index >= 15 is 0 Å². The maximum Gasteiger partial charge on any atom is 0.185 e. The molecule has 0 saturated carbocycles. The van der Waals surface area contributed by atoms with Crippen molar-refractivity contribution in [3.63, 3.8) is 0 Å². The summed E-state index contributed by atoms with van der Waals surface area (Å²) in [7, 11) is 2.98. The largest absolute Gasteiger partial charge is 0.493 e. The summed E-state index contributed by atoms with van der Waals surface area (Å²) in [5, 5.41) is 0.460. The molecule has 0 amide bonds. The van der Waals surface area contributed by atoms with Gasteiger partial charge >= 0.3 is 0 Å². The van der Waals surface area contributed by atoms with Gasteiger partial charge < -0.3 is 14.4 Å². The predicted octanol–water partition coefficient (Wildman–Crippen LogP) is 6.81. The summed E-state index contributed by atoms with van der Waals surface area (Å²) in [6, 6.07) is 20.9. The van der Waals surface area contributed by atoms with Gasteiger partial charge in [0.15, 0.2) is 28.8 Å². The number of anilines is 1. The molecule has 7 rings (SSSR count). The molecule has 3 aliphatic rings. The highest BCUT2D eigenvalue weighted by molar-refractivity contribution is 6.32. The summed E-state index contributed by atoms with van der Waals surface area (Å²) in [6.07, 6.45) is 3.47. The molecule has 1 fully saturated rings. The van der Waals surface area contributed by atoms with E-state index in [1.807, 2.05) is 4.90 Å². The number of ketones is 3. The first-order chi connectivity index (χ1) is 20.8. The highest BCUT2D eigenvalue weighted by atomic mass is 35.5. The van der Waals surface area contributed by atoms with E-state index in [9.17, 15) is 18.8 Å². The van der Waals surface area contributed by atoms with E-state index in [-0.39, 0.29) is 17.3 Å². The third-order valence-corrected chi connectivity index (χ3v) is 9.18. The maximum atomic E-state index is 14.8. The molecule has 2 heterocycles. The molecule has 4 aromatic carbocycles. The van der Waals surface area contributed by atoms with Gasteiger partial charge in [-0.05, 0) is 48.5 Å². The molecule has 8 heteroatoms. The van der Waals surface area contributed by atoms with Gasteiger partial charge in [-0.2, -0.15) is 0 Å². The Labute approximate surface area is 252 Å². The fraction of sp³-hybridized carbons (Fsp3) is 0.171. The number of methoxy groups -OCH3 is 2. The van der Waals surface area contributed by atoms with Crippen molar-refractivity contribution in [3.8, 4) is 11.5 Å². The first kappa shape index (κ1) is 27.1. The number of rotatable bonds is 5. The number of fused-ring (bicyclic) bond motifs is 5. The summed E-state index contributed by atoms with van der Waals surface area (Å²) in [5.74, 6) is -1.81. The molecular weight excluding hydrogens is 569 g/mol. The second-order valence-corrected chi connectivity index (χ2v) is 11.3. The van der Waals surface area contributed by atoms with Crippen molar-refractivity contribution in [1.82, 2.24) is 0 Å². The van der Waals surface area contributed by atoms with E-state index in [0.717, 1.165) is 0 Å². The summed E-state index contributed by atoms with van der Waals surface area (Å²) in [5.41, 5.74) is 0.782. The second kappa shape index (κ2) is 9.92. The molecule has 214 valence electrons. The minimum absolute atomic E-state index is 0.303. The third kappa shape index (κ3) is 3.67. The number of benzene rings is 4. The molecule has 2 aliphatic heterocycles. The molecule has 1 unspecified atom stereocenters. The highest BCUT2D eigenvalue weighted by Gasteiger charge is 2.72. The number of para-hydroxylation sites is 1. The molecular formula is C35H25ClFNO5. The van der Waals surface area contributed by atoms with Gasteiger partial charge in [-0.1, -0.05) is 60.2 Å². The van der Waals surface area contributed by atoms with Crippen molar-refractivity contribution in [2.24, 2.45) is 5.41 Å². The average molecular weight is 594 g/mol. The molecule has 43 heavy (non-hydrogen) atoms. The van der Waals surface area contributed by atoms with Crippen molar-refractivity contribution in [2.45, 2.75) is 18.0 Å². The van der Waals surface area contributed by atoms with Crippen molar-refractivity contribution in [1.29, 1.82) is 0 Å². The third-order valence-electron chi connectivity index (χ3n) is 8.93. The van der Waals surface area contributed by atoms with Gasteiger partial charge in [-0.15, -0.1) is 0 Å². The Bertz CT molecular complexity index is 1830. The SMILES string of the molecule is COc1cccc([C@H]2[C@H](C(=O)c3ccc(Cl)cc3)N3c4ccc(F)cc4C=CC3C23C(=O)c2ccccc2C3=O)c1OC. The zero-order valence-electron chi connectivity index (χ0n) is 23.2. The standard InChI is InChI=1S/C35H25ClFNO5/c1-42-27-9-5-8-25(32(27)43-2)29-30(31(39)19-10-13-21(36)14-11-19)38-26-16-15-22(37)18-20(26)12-17-28(38)35(29)33(40)23-6-3-4-7-24(23)34(35)41/h3-18,28-30H,1-2H3/t28?,29-,30+/m0/s1. The van der Waals surface area contributed by atoms with E-state index in [1.165, 1.54) is 26.4 Å². The van der Waals surface area contributed by atoms with Gasteiger partial charge in [0.25, 0.3) is 0 Å². The van der Waals surface area contributed by atoms with Crippen molar-refractivity contribution < 1.29 is 28.2 Å². The molecule has 1 aliphatic carbocycles. The molecule has 6 nitrogen and oxygen atoms in total. The van der Waals surface area contributed by atoms with Crippen LogP contribution in [-0.4, -0.2) is 43.7 Å². The number of hydrogen-bond acceptors (Lipinski definition) is 6. The smallest absolute Gasteiger partial charge is 0.185 e. The van der Waals surface area contributed by atoms with Gasteiger partial charge in [0.05, 0.1) is 20.3 Å². The van der Waals surface area contributed by atoms with E-state index in [0.29, 0.717) is 50.0 Å². The van der Waals surface area contributed by atoms with Gasteiger partial charge in [-0.3, -0.25) is 14.4 Å². The summed E-state index contributed by atoms with van der Waals surface area (Å²) in [4.78, 5) is 46.2. The molecule has 1 spiro atoms. The molecule has 1 saturated heterocycles. The zero-order chi connectivity index (χ0) is 30.0. The van der Waals surface area contributed by atoms with Crippen LogP contribution in [0.1, 0.15) is 48.1 Å². The van der Waals surface area contributed by atoms with E-state index in [2.05, 4.69) is 0 Å². The molecule has 3 atom stereocenters. The number of nitrogens with zero attached hydrogens (tertiary/aromatic N) is 1. The van der Waals surface area contributed by atoms with E-state index in [4.69, 9.17) is 21.1 Å². The van der Waals surface area contributed by atoms with Gasteiger partial charge in [0, 0.05) is 44.4 Å². The van der Waals surface area contributed by atoms with Crippen LogP contribution in [-0.2, 0) is 0 Å². The second-order valence-electron chi connectivity index (χ2n) is 10.9. The fourth-order valence-electron chi connectivity index (χ4n) is 7.23. The lowest BCUT2D eigenvalue weighted by molar-refractivity contribution is 0.0664. The molecule has 0 N–H and O–H groups in total. The Morgan fingerprint density at radius 2 is 1.58 bits per heavy atom. The minimum Gasteiger partial charge on any atom is -0.493 e. The van der Waals surface area contributed by atoms with Crippen LogP contribution >= 0.6 is 11.6 Å². The van der Waals surface area contributed by atoms with E-state index in [1.54, 1.807) is 84.9 Å². The maximum absolute atomic E-state index is 14.8. The normalized spacial score (nSPS) is 21.0. The van der Waals surface area contributed by atoms with Crippen LogP contribution in [0.25, 0.3) is 6.08 Å². The van der Waals surface area contributed by atoms with Gasteiger partial charge in [0.2, 0.25) is 0 Å². The lowest BCUT2D eigenvalue weighted by Crippen LogP contribution is -2.48. The van der Waals surface area contributed by atoms with Crippen molar-refractivity contribution >= 4 is 40.7 Å². The lowest BCUT2D eigenvalue weighted by Gasteiger charge is -2.37. The number of carbonyl (C=O) groups is 3. The number of hydrogen-bond donors (Lipinski definition) is 0. The number of ether oxygens (including phenoxy) is 2. The summed E-state index contributed by atoms with van der Waals surface area (Å²) in [6.45, 7) is 0. The van der Waals surface area contributed by atoms with Crippen LogP contribution in [0, 0.1) is 11.2 Å². The zero-order valence-corrected chi connectivity index (χ0v) is 24.0. The molecule has 0 aromatic heterocycles.